The maximum Gasteiger partial charge on any atom is 0.339 e. The van der Waals surface area contributed by atoms with Crippen LogP contribution >= 0.6 is 27.5 Å². The molecule has 1 saturated heterocycles. The highest BCUT2D eigenvalue weighted by molar-refractivity contribution is 9.10. The maximum atomic E-state index is 13.3. The Morgan fingerprint density at radius 1 is 0.976 bits per heavy atom. The molecule has 2 fully saturated rings. The highest BCUT2D eigenvalue weighted by Gasteiger charge is 2.49. The summed E-state index contributed by atoms with van der Waals surface area (Å²) < 4.78 is 6.26. The van der Waals surface area contributed by atoms with Gasteiger partial charge in [0.2, 0.25) is 11.8 Å². The van der Waals surface area contributed by atoms with Crippen molar-refractivity contribution in [3.05, 3.63) is 93.4 Å². The van der Waals surface area contributed by atoms with Crippen molar-refractivity contribution >= 4 is 67.7 Å². The highest BCUT2D eigenvalue weighted by atomic mass is 79.9. The third kappa shape index (κ3) is 5.25. The van der Waals surface area contributed by atoms with Gasteiger partial charge < -0.3 is 4.74 Å². The minimum absolute atomic E-state index is 0.136. The Labute approximate surface area is 256 Å². The van der Waals surface area contributed by atoms with E-state index in [-0.39, 0.29) is 35.0 Å². The van der Waals surface area contributed by atoms with E-state index in [1.54, 1.807) is 72.8 Å². The number of aromatic nitrogens is 1. The molecule has 0 radical (unpaired) electrons. The first-order valence-corrected chi connectivity index (χ1v) is 14.9. The standard InChI is InChI=1S/C33H26BrClN2O5/c1-18-5-14-24-25(15-18)32(40)37(31(24)39)22-12-8-19(9-13-22)28-16-26(23-3-2-4-27(35)30(23)36-28)33(41)42-17-29(38)20-6-10-21(34)11-7-20/h2-4,6-13,16,18,24-25H,5,14-15,17H2,1H3. The molecule has 1 saturated carbocycles. The molecule has 0 bridgehead atoms. The largest absolute Gasteiger partial charge is 0.454 e. The molecule has 3 atom stereocenters. The number of ketones is 1. The number of hydrogen-bond donors (Lipinski definition) is 0. The number of esters is 1. The molecule has 2 aliphatic rings. The molecule has 6 rings (SSSR count). The second-order valence-electron chi connectivity index (χ2n) is 10.9. The number of imide groups is 1. The molecule has 4 aromatic rings. The predicted molar refractivity (Wildman–Crippen MR) is 163 cm³/mol. The fourth-order valence-corrected chi connectivity index (χ4v) is 6.36. The van der Waals surface area contributed by atoms with E-state index in [0.29, 0.717) is 44.4 Å². The van der Waals surface area contributed by atoms with Gasteiger partial charge in [-0.3, -0.25) is 19.3 Å². The van der Waals surface area contributed by atoms with Crippen LogP contribution in [0.3, 0.4) is 0 Å². The van der Waals surface area contributed by atoms with Crippen molar-refractivity contribution < 1.29 is 23.9 Å². The number of carbonyl (C=O) groups is 4. The highest BCUT2D eigenvalue weighted by Crippen LogP contribution is 2.42. The average molecular weight is 646 g/mol. The molecule has 3 unspecified atom stereocenters. The number of hydrogen-bond acceptors (Lipinski definition) is 6. The van der Waals surface area contributed by atoms with Gasteiger partial charge in [0.1, 0.15) is 0 Å². The summed E-state index contributed by atoms with van der Waals surface area (Å²) in [5.74, 6) is -1.36. The normalized spacial score (nSPS) is 20.1. The average Bonchev–Trinajstić information content (AvgIpc) is 3.24. The van der Waals surface area contributed by atoms with Gasteiger partial charge in [0, 0.05) is 21.0 Å². The summed E-state index contributed by atoms with van der Waals surface area (Å²) >= 11 is 9.81. The second-order valence-corrected chi connectivity index (χ2v) is 12.2. The molecule has 3 aromatic carbocycles. The molecule has 42 heavy (non-hydrogen) atoms. The number of fused-ring (bicyclic) bond motifs is 2. The van der Waals surface area contributed by atoms with Crippen molar-refractivity contribution in [3.8, 4) is 11.3 Å². The molecule has 1 aromatic heterocycles. The zero-order valence-corrected chi connectivity index (χ0v) is 25.0. The van der Waals surface area contributed by atoms with Crippen molar-refractivity contribution in [2.24, 2.45) is 17.8 Å². The predicted octanol–water partition coefficient (Wildman–Crippen LogP) is 7.28. The van der Waals surface area contributed by atoms with Crippen LogP contribution in [0.2, 0.25) is 5.02 Å². The molecule has 1 aliphatic carbocycles. The third-order valence-electron chi connectivity index (χ3n) is 8.12. The van der Waals surface area contributed by atoms with E-state index in [1.165, 1.54) is 4.90 Å². The molecule has 7 nitrogen and oxygen atoms in total. The molecular weight excluding hydrogens is 620 g/mol. The van der Waals surface area contributed by atoms with E-state index in [9.17, 15) is 19.2 Å². The molecule has 9 heteroatoms. The number of ether oxygens (including phenoxy) is 1. The number of benzene rings is 3. The lowest BCUT2D eigenvalue weighted by Gasteiger charge is -2.25. The van der Waals surface area contributed by atoms with E-state index in [4.69, 9.17) is 21.3 Å². The van der Waals surface area contributed by atoms with Crippen LogP contribution in [0.1, 0.15) is 46.9 Å². The number of para-hydroxylation sites is 1. The first kappa shape index (κ1) is 28.2. The summed E-state index contributed by atoms with van der Waals surface area (Å²) in [5, 5.41) is 0.852. The van der Waals surface area contributed by atoms with E-state index in [2.05, 4.69) is 22.9 Å². The lowest BCUT2D eigenvalue weighted by atomic mass is 9.76. The van der Waals surface area contributed by atoms with Crippen molar-refractivity contribution in [1.82, 2.24) is 4.98 Å². The minimum Gasteiger partial charge on any atom is -0.454 e. The van der Waals surface area contributed by atoms with E-state index < -0.39 is 12.6 Å². The molecule has 2 heterocycles. The molecule has 212 valence electrons. The molecule has 0 N–H and O–H groups in total. The lowest BCUT2D eigenvalue weighted by molar-refractivity contribution is -0.122. The van der Waals surface area contributed by atoms with Crippen molar-refractivity contribution in [2.45, 2.75) is 26.2 Å². The van der Waals surface area contributed by atoms with E-state index in [0.717, 1.165) is 23.7 Å². The summed E-state index contributed by atoms with van der Waals surface area (Å²) in [5.41, 5.74) is 2.68. The van der Waals surface area contributed by atoms with Crippen LogP contribution < -0.4 is 4.90 Å². The number of Topliss-reactive ketones (excluding diaryl/α,β-unsaturated/α-hetero) is 1. The Morgan fingerprint density at radius 3 is 2.43 bits per heavy atom. The van der Waals surface area contributed by atoms with Crippen LogP contribution in [-0.4, -0.2) is 35.2 Å². The van der Waals surface area contributed by atoms with Crippen LogP contribution in [0.25, 0.3) is 22.2 Å². The number of amides is 2. The van der Waals surface area contributed by atoms with Crippen molar-refractivity contribution in [1.29, 1.82) is 0 Å². The number of pyridine rings is 1. The number of halogens is 2. The number of anilines is 1. The van der Waals surface area contributed by atoms with Crippen LogP contribution in [0, 0.1) is 17.8 Å². The van der Waals surface area contributed by atoms with Crippen molar-refractivity contribution in [3.63, 3.8) is 0 Å². The number of carbonyl (C=O) groups excluding carboxylic acids is 4. The first-order valence-electron chi connectivity index (χ1n) is 13.7. The quantitative estimate of drug-likeness (QED) is 0.124. The van der Waals surface area contributed by atoms with Gasteiger partial charge in [-0.15, -0.1) is 0 Å². The number of rotatable bonds is 6. The van der Waals surface area contributed by atoms with Gasteiger partial charge in [-0.1, -0.05) is 70.9 Å². The molecular formula is C33H26BrClN2O5. The maximum absolute atomic E-state index is 13.3. The smallest absolute Gasteiger partial charge is 0.339 e. The summed E-state index contributed by atoms with van der Waals surface area (Å²) in [7, 11) is 0. The van der Waals surface area contributed by atoms with Gasteiger partial charge in [0.05, 0.1) is 39.3 Å². The molecule has 0 spiro atoms. The van der Waals surface area contributed by atoms with Gasteiger partial charge in [-0.25, -0.2) is 9.78 Å². The van der Waals surface area contributed by atoms with Crippen LogP contribution in [0.5, 0.6) is 0 Å². The summed E-state index contributed by atoms with van der Waals surface area (Å²) in [6.07, 6.45) is 2.42. The molecule has 2 amide bonds. The van der Waals surface area contributed by atoms with Gasteiger partial charge in [-0.2, -0.15) is 0 Å². The summed E-state index contributed by atoms with van der Waals surface area (Å²) in [4.78, 5) is 58.2. The topological polar surface area (TPSA) is 93.6 Å². The van der Waals surface area contributed by atoms with Gasteiger partial charge >= 0.3 is 5.97 Å². The Hall–Kier alpha value is -3.88. The number of nitrogens with zero attached hydrogens (tertiary/aromatic N) is 2. The van der Waals surface area contributed by atoms with Gasteiger partial charge in [0.25, 0.3) is 0 Å². The van der Waals surface area contributed by atoms with Gasteiger partial charge in [0.15, 0.2) is 12.4 Å². The second kappa shape index (κ2) is 11.4. The van der Waals surface area contributed by atoms with Crippen LogP contribution in [-0.2, 0) is 14.3 Å². The summed E-state index contributed by atoms with van der Waals surface area (Å²) in [6.45, 7) is 1.70. The van der Waals surface area contributed by atoms with Crippen LogP contribution in [0.4, 0.5) is 5.69 Å². The zero-order valence-electron chi connectivity index (χ0n) is 22.7. The first-order chi connectivity index (χ1) is 20.2. The summed E-state index contributed by atoms with van der Waals surface area (Å²) in [6, 6.07) is 20.5. The monoisotopic (exact) mass is 644 g/mol. The minimum atomic E-state index is -0.682. The third-order valence-corrected chi connectivity index (χ3v) is 8.95. The van der Waals surface area contributed by atoms with E-state index >= 15 is 0 Å². The Bertz CT molecular complexity index is 1740. The Balaban J connectivity index is 1.28. The van der Waals surface area contributed by atoms with E-state index in [1.807, 2.05) is 0 Å². The Kier molecular flexibility index (Phi) is 7.68. The van der Waals surface area contributed by atoms with Crippen LogP contribution in [0.15, 0.2) is 77.3 Å². The van der Waals surface area contributed by atoms with Gasteiger partial charge in [-0.05, 0) is 61.6 Å². The zero-order chi connectivity index (χ0) is 29.5. The lowest BCUT2D eigenvalue weighted by Crippen LogP contribution is -2.30. The SMILES string of the molecule is CC1CCC2C(=O)N(c3ccc(-c4cc(C(=O)OCC(=O)c5ccc(Br)cc5)c5cccc(Cl)c5n4)cc3)C(=O)C2C1. The Morgan fingerprint density at radius 2 is 1.69 bits per heavy atom. The fraction of sp³-hybridized carbons (Fsp3) is 0.242. The van der Waals surface area contributed by atoms with Crippen molar-refractivity contribution in [2.75, 3.05) is 11.5 Å². The molecule has 1 aliphatic heterocycles. The fourth-order valence-electron chi connectivity index (χ4n) is 5.88.